The summed E-state index contributed by atoms with van der Waals surface area (Å²) in [5.74, 6) is 0. The van der Waals surface area contributed by atoms with E-state index in [1.54, 1.807) is 0 Å². The number of nitrogens with two attached hydrogens (primary N) is 1. The third kappa shape index (κ3) is 3.65. The third-order valence-electron chi connectivity index (χ3n) is 3.37. The molecule has 2 N–H and O–H groups in total. The predicted molar refractivity (Wildman–Crippen MR) is 83.2 cm³/mol. The summed E-state index contributed by atoms with van der Waals surface area (Å²) in [6.07, 6.45) is 2.60. The van der Waals surface area contributed by atoms with Crippen LogP contribution in [0, 0.1) is 0 Å². The van der Waals surface area contributed by atoms with Crippen molar-refractivity contribution in [1.29, 1.82) is 0 Å². The van der Waals surface area contributed by atoms with Gasteiger partial charge in [0.15, 0.2) is 9.84 Å². The minimum absolute atomic E-state index is 0.0593. The molecule has 1 aromatic rings. The van der Waals surface area contributed by atoms with Crippen molar-refractivity contribution in [3.63, 3.8) is 0 Å². The van der Waals surface area contributed by atoms with Gasteiger partial charge in [-0.2, -0.15) is 4.31 Å². The van der Waals surface area contributed by atoms with Gasteiger partial charge in [0.05, 0.1) is 9.79 Å². The molecule has 1 aromatic carbocycles. The Balaban J connectivity index is 2.41. The first kappa shape index (κ1) is 16.9. The topological polar surface area (TPSA) is 97.5 Å². The van der Waals surface area contributed by atoms with Crippen molar-refractivity contribution in [2.45, 2.75) is 28.7 Å². The number of hydrogen-bond acceptors (Lipinski definition) is 5. The zero-order valence-electron chi connectivity index (χ0n) is 11.5. The maximum Gasteiger partial charge on any atom is 0.244 e. The molecule has 9 heteroatoms. The third-order valence-corrected chi connectivity index (χ3v) is 7.32. The minimum atomic E-state index is -3.68. The molecule has 1 atom stereocenters. The molecule has 21 heavy (non-hydrogen) atoms. The number of halogens is 1. The predicted octanol–water partition coefficient (Wildman–Crippen LogP) is 0.964. The Hall–Kier alpha value is -0.480. The van der Waals surface area contributed by atoms with E-state index in [0.717, 1.165) is 19.1 Å². The quantitative estimate of drug-likeness (QED) is 0.820. The molecule has 1 heterocycles. The Morgan fingerprint density at radius 3 is 2.48 bits per heavy atom. The van der Waals surface area contributed by atoms with Crippen molar-refractivity contribution in [2.75, 3.05) is 19.3 Å². The highest BCUT2D eigenvalue weighted by molar-refractivity contribution is 9.10. The fourth-order valence-electron chi connectivity index (χ4n) is 2.25. The summed E-state index contributed by atoms with van der Waals surface area (Å²) < 4.78 is 49.8. The van der Waals surface area contributed by atoms with E-state index in [-0.39, 0.29) is 26.9 Å². The zero-order valence-corrected chi connectivity index (χ0v) is 14.7. The van der Waals surface area contributed by atoms with E-state index < -0.39 is 19.9 Å². The van der Waals surface area contributed by atoms with Crippen LogP contribution in [0.4, 0.5) is 0 Å². The van der Waals surface area contributed by atoms with E-state index in [9.17, 15) is 16.8 Å². The monoisotopic (exact) mass is 396 g/mol. The molecule has 2 rings (SSSR count). The maximum absolute atomic E-state index is 12.6. The number of sulfone groups is 1. The molecule has 1 aliphatic heterocycles. The van der Waals surface area contributed by atoms with Crippen LogP contribution in [0.3, 0.4) is 0 Å². The number of rotatable bonds is 3. The summed E-state index contributed by atoms with van der Waals surface area (Å²) in [4.78, 5) is 0.132. The highest BCUT2D eigenvalue weighted by atomic mass is 79.9. The average Bonchev–Trinajstić information content (AvgIpc) is 2.37. The molecule has 0 unspecified atom stereocenters. The van der Waals surface area contributed by atoms with Gasteiger partial charge in [-0.1, -0.05) is 0 Å². The lowest BCUT2D eigenvalue weighted by Gasteiger charge is -2.30. The highest BCUT2D eigenvalue weighted by Gasteiger charge is 2.30. The second-order valence-corrected chi connectivity index (χ2v) is 9.91. The molecule has 6 nitrogen and oxygen atoms in total. The minimum Gasteiger partial charge on any atom is -0.327 e. The second-order valence-electron chi connectivity index (χ2n) is 5.13. The Kier molecular flexibility index (Phi) is 4.79. The van der Waals surface area contributed by atoms with E-state index in [1.807, 2.05) is 0 Å². The first-order valence-electron chi connectivity index (χ1n) is 6.38. The molecular formula is C12H17BrN2O4S2. The second kappa shape index (κ2) is 5.96. The Labute approximate surface area is 133 Å². The zero-order chi connectivity index (χ0) is 15.8. The van der Waals surface area contributed by atoms with Crippen LogP contribution in [0.2, 0.25) is 0 Å². The van der Waals surface area contributed by atoms with Gasteiger partial charge in [0.2, 0.25) is 10.0 Å². The smallest absolute Gasteiger partial charge is 0.244 e. The number of hydrogen-bond donors (Lipinski definition) is 1. The summed E-state index contributed by atoms with van der Waals surface area (Å²) in [5, 5.41) is 0. The van der Waals surface area contributed by atoms with Gasteiger partial charge in [-0.3, -0.25) is 0 Å². The highest BCUT2D eigenvalue weighted by Crippen LogP contribution is 2.29. The van der Waals surface area contributed by atoms with Crippen LogP contribution in [-0.4, -0.2) is 46.5 Å². The van der Waals surface area contributed by atoms with Crippen LogP contribution in [0.15, 0.2) is 32.5 Å². The largest absolute Gasteiger partial charge is 0.327 e. The lowest BCUT2D eigenvalue weighted by molar-refractivity contribution is 0.316. The Morgan fingerprint density at radius 2 is 1.95 bits per heavy atom. The van der Waals surface area contributed by atoms with E-state index in [2.05, 4.69) is 15.9 Å². The van der Waals surface area contributed by atoms with E-state index in [4.69, 9.17) is 5.73 Å². The lowest BCUT2D eigenvalue weighted by Crippen LogP contribution is -2.45. The van der Waals surface area contributed by atoms with Gasteiger partial charge >= 0.3 is 0 Å². The maximum atomic E-state index is 12.6. The van der Waals surface area contributed by atoms with Gasteiger partial charge in [0.25, 0.3) is 0 Å². The van der Waals surface area contributed by atoms with Crippen LogP contribution in [0.25, 0.3) is 0 Å². The van der Waals surface area contributed by atoms with Crippen LogP contribution in [0.1, 0.15) is 12.8 Å². The standard InChI is InChI=1S/C12H17BrN2O4S2/c1-20(16,17)10-4-5-12(11(13)7-10)21(18,19)15-6-2-3-9(14)8-15/h4-5,7,9H,2-3,6,8,14H2,1H3/t9-/m1/s1. The number of piperidine rings is 1. The molecular weight excluding hydrogens is 380 g/mol. The molecule has 1 aliphatic rings. The molecule has 0 bridgehead atoms. The van der Waals surface area contributed by atoms with Crippen LogP contribution < -0.4 is 5.73 Å². The van der Waals surface area contributed by atoms with Crippen molar-refractivity contribution in [3.05, 3.63) is 22.7 Å². The summed E-state index contributed by atoms with van der Waals surface area (Å²) in [6.45, 7) is 0.707. The summed E-state index contributed by atoms with van der Waals surface area (Å²) in [5.41, 5.74) is 5.82. The summed E-state index contributed by atoms with van der Waals surface area (Å²) in [6, 6.07) is 3.77. The number of benzene rings is 1. The fraction of sp³-hybridized carbons (Fsp3) is 0.500. The fourth-order valence-corrected chi connectivity index (χ4v) is 5.62. The van der Waals surface area contributed by atoms with Crippen molar-refractivity contribution in [2.24, 2.45) is 5.73 Å². The molecule has 1 fully saturated rings. The van der Waals surface area contributed by atoms with E-state index in [0.29, 0.717) is 6.54 Å². The molecule has 0 aromatic heterocycles. The van der Waals surface area contributed by atoms with Crippen molar-refractivity contribution >= 4 is 35.8 Å². The normalized spacial score (nSPS) is 21.4. The Morgan fingerprint density at radius 1 is 1.29 bits per heavy atom. The van der Waals surface area contributed by atoms with Gasteiger partial charge in [0.1, 0.15) is 0 Å². The van der Waals surface area contributed by atoms with Gasteiger partial charge in [-0.25, -0.2) is 16.8 Å². The van der Waals surface area contributed by atoms with E-state index >= 15 is 0 Å². The van der Waals surface area contributed by atoms with Gasteiger partial charge in [-0.15, -0.1) is 0 Å². The number of nitrogens with zero attached hydrogens (tertiary/aromatic N) is 1. The molecule has 0 aliphatic carbocycles. The van der Waals surface area contributed by atoms with Crippen molar-refractivity contribution in [3.8, 4) is 0 Å². The van der Waals surface area contributed by atoms with Crippen LogP contribution in [-0.2, 0) is 19.9 Å². The number of sulfonamides is 1. The van der Waals surface area contributed by atoms with Crippen molar-refractivity contribution < 1.29 is 16.8 Å². The molecule has 118 valence electrons. The summed E-state index contributed by atoms with van der Waals surface area (Å²) >= 11 is 3.16. The average molecular weight is 397 g/mol. The summed E-state index contributed by atoms with van der Waals surface area (Å²) in [7, 11) is -7.06. The molecule has 0 amide bonds. The Bertz CT molecular complexity index is 747. The van der Waals surface area contributed by atoms with Gasteiger partial charge in [-0.05, 0) is 47.0 Å². The van der Waals surface area contributed by atoms with E-state index in [1.165, 1.54) is 22.5 Å². The SMILES string of the molecule is CS(=O)(=O)c1ccc(S(=O)(=O)N2CCC[C@@H](N)C2)c(Br)c1. The molecule has 1 saturated heterocycles. The van der Waals surface area contributed by atoms with Gasteiger partial charge < -0.3 is 5.73 Å². The first-order valence-corrected chi connectivity index (χ1v) is 10.5. The lowest BCUT2D eigenvalue weighted by atomic mass is 10.1. The van der Waals surface area contributed by atoms with Gasteiger partial charge in [0, 0.05) is 29.9 Å². The van der Waals surface area contributed by atoms with Crippen molar-refractivity contribution in [1.82, 2.24) is 4.31 Å². The molecule has 0 spiro atoms. The van der Waals surface area contributed by atoms with Crippen LogP contribution >= 0.6 is 15.9 Å². The van der Waals surface area contributed by atoms with Crippen LogP contribution in [0.5, 0.6) is 0 Å². The molecule has 0 saturated carbocycles. The first-order chi connectivity index (χ1) is 9.62. The molecule has 0 radical (unpaired) electrons.